The number of hydrogen-bond donors (Lipinski definition) is 2. The molecule has 0 bridgehead atoms. The molecule has 0 aliphatic carbocycles. The maximum Gasteiger partial charge on any atom is 0.328 e. The van der Waals surface area contributed by atoms with Crippen LogP contribution in [-0.4, -0.2) is 59.3 Å². The summed E-state index contributed by atoms with van der Waals surface area (Å²) in [6.45, 7) is 3.20. The molecule has 2 aromatic heterocycles. The summed E-state index contributed by atoms with van der Waals surface area (Å²) in [5.74, 6) is 0.540. The smallest absolute Gasteiger partial charge is 0.328 e. The van der Waals surface area contributed by atoms with E-state index in [1.54, 1.807) is 17.0 Å². The molecule has 0 fully saturated rings. The molecule has 0 saturated carbocycles. The quantitative estimate of drug-likeness (QED) is 0.505. The summed E-state index contributed by atoms with van der Waals surface area (Å²) >= 11 is 5.98. The number of aromatic amines is 1. The number of imidazole rings is 1. The lowest BCUT2D eigenvalue weighted by Gasteiger charge is -2.37. The van der Waals surface area contributed by atoms with Gasteiger partial charge in [-0.1, -0.05) is 25.5 Å². The minimum absolute atomic E-state index is 0.128. The molecule has 0 radical (unpaired) electrons. The number of hydrogen-bond acceptors (Lipinski definition) is 6. The molecule has 2 amide bonds. The number of carbonyl (C=O) groups excluding carboxylic acids is 1. The molecule has 1 aromatic carbocycles. The third kappa shape index (κ3) is 4.73. The summed E-state index contributed by atoms with van der Waals surface area (Å²) in [5.41, 5.74) is 1.16. The zero-order valence-corrected chi connectivity index (χ0v) is 18.3. The number of anilines is 1. The van der Waals surface area contributed by atoms with Crippen molar-refractivity contribution < 1.29 is 14.3 Å². The minimum atomic E-state index is -1.16. The zero-order chi connectivity index (χ0) is 22.7. The van der Waals surface area contributed by atoms with Crippen molar-refractivity contribution >= 4 is 23.4 Å². The Labute approximate surface area is 189 Å². The van der Waals surface area contributed by atoms with Crippen molar-refractivity contribution in [2.45, 2.75) is 45.4 Å². The highest BCUT2D eigenvalue weighted by atomic mass is 35.5. The largest absolute Gasteiger partial charge is 0.368 e. The second-order valence-electron chi connectivity index (χ2n) is 7.58. The van der Waals surface area contributed by atoms with E-state index in [2.05, 4.69) is 25.4 Å². The lowest BCUT2D eigenvalue weighted by atomic mass is 10.1. The van der Waals surface area contributed by atoms with E-state index in [4.69, 9.17) is 11.6 Å². The molecule has 12 heteroatoms. The highest BCUT2D eigenvalue weighted by Gasteiger charge is 2.38. The van der Waals surface area contributed by atoms with Crippen LogP contribution in [0.25, 0.3) is 0 Å². The maximum absolute atomic E-state index is 13.3. The highest BCUT2D eigenvalue weighted by molar-refractivity contribution is 6.28. The summed E-state index contributed by atoms with van der Waals surface area (Å²) in [6, 6.07) is 5.93. The molecule has 0 saturated heterocycles. The SMILES string of the molecule is CCCCN1C(=O)N(CCCn2nnc(Cc3cccc(F)c3)n2)C(O)c2[nH]c(Cl)nc21. The van der Waals surface area contributed by atoms with Gasteiger partial charge in [-0.05, 0) is 47.4 Å². The first-order valence-electron chi connectivity index (χ1n) is 10.5. The Morgan fingerprint density at radius 1 is 1.25 bits per heavy atom. The minimum Gasteiger partial charge on any atom is -0.368 e. The molecule has 3 heterocycles. The van der Waals surface area contributed by atoms with Crippen LogP contribution in [0.15, 0.2) is 24.3 Å². The van der Waals surface area contributed by atoms with Gasteiger partial charge in [-0.15, -0.1) is 10.2 Å². The van der Waals surface area contributed by atoms with Gasteiger partial charge in [0.2, 0.25) is 5.28 Å². The number of amides is 2. The van der Waals surface area contributed by atoms with E-state index in [1.165, 1.54) is 21.8 Å². The standard InChI is InChI=1S/C20H24ClFN8O2/c1-2-3-8-28-17-16(23-19(21)24-17)18(31)29(20(28)32)9-5-10-30-26-15(25-27-30)12-13-6-4-7-14(22)11-13/h4,6-7,11,18,31H,2-3,5,8-10,12H2,1H3,(H,23,24). The molecule has 2 N–H and O–H groups in total. The molecule has 32 heavy (non-hydrogen) atoms. The van der Waals surface area contributed by atoms with Crippen molar-refractivity contribution in [3.05, 3.63) is 52.4 Å². The van der Waals surface area contributed by atoms with E-state index >= 15 is 0 Å². The number of unbranched alkanes of at least 4 members (excludes halogenated alkanes) is 1. The number of fused-ring (bicyclic) bond motifs is 1. The zero-order valence-electron chi connectivity index (χ0n) is 17.6. The Hall–Kier alpha value is -3.05. The number of halogens is 2. The monoisotopic (exact) mass is 462 g/mol. The van der Waals surface area contributed by atoms with Gasteiger partial charge in [-0.25, -0.2) is 9.18 Å². The van der Waals surface area contributed by atoms with Crippen molar-refractivity contribution in [2.75, 3.05) is 18.0 Å². The first-order valence-corrected chi connectivity index (χ1v) is 10.9. The van der Waals surface area contributed by atoms with Crippen molar-refractivity contribution in [3.63, 3.8) is 0 Å². The fourth-order valence-corrected chi connectivity index (χ4v) is 3.81. The predicted octanol–water partition coefficient (Wildman–Crippen LogP) is 2.90. The Bertz CT molecular complexity index is 1090. The van der Waals surface area contributed by atoms with Gasteiger partial charge in [0.1, 0.15) is 11.5 Å². The lowest BCUT2D eigenvalue weighted by molar-refractivity contribution is 0.0227. The third-order valence-corrected chi connectivity index (χ3v) is 5.39. The molecule has 1 atom stereocenters. The van der Waals surface area contributed by atoms with Crippen molar-refractivity contribution in [2.24, 2.45) is 0 Å². The lowest BCUT2D eigenvalue weighted by Crippen LogP contribution is -2.50. The molecule has 3 aromatic rings. The van der Waals surface area contributed by atoms with Crippen LogP contribution in [-0.2, 0) is 13.0 Å². The second-order valence-corrected chi connectivity index (χ2v) is 7.94. The van der Waals surface area contributed by atoms with Crippen molar-refractivity contribution in [1.29, 1.82) is 0 Å². The van der Waals surface area contributed by atoms with Crippen LogP contribution in [0, 0.1) is 5.82 Å². The van der Waals surface area contributed by atoms with Crippen molar-refractivity contribution in [3.8, 4) is 0 Å². The molecule has 1 aliphatic rings. The number of aliphatic hydroxyl groups is 1. The van der Waals surface area contributed by atoms with Gasteiger partial charge in [0.05, 0.1) is 6.54 Å². The van der Waals surface area contributed by atoms with Crippen LogP contribution in [0.2, 0.25) is 5.28 Å². The average molecular weight is 463 g/mol. The summed E-state index contributed by atoms with van der Waals surface area (Å²) in [7, 11) is 0. The number of aryl methyl sites for hydroxylation is 1. The van der Waals surface area contributed by atoms with Gasteiger partial charge < -0.3 is 10.1 Å². The van der Waals surface area contributed by atoms with Gasteiger partial charge in [-0.2, -0.15) is 9.78 Å². The Morgan fingerprint density at radius 3 is 2.88 bits per heavy atom. The predicted molar refractivity (Wildman–Crippen MR) is 115 cm³/mol. The van der Waals surface area contributed by atoms with Crippen LogP contribution >= 0.6 is 11.6 Å². The Kier molecular flexibility index (Phi) is 6.66. The van der Waals surface area contributed by atoms with E-state index in [1.807, 2.05) is 6.92 Å². The highest BCUT2D eigenvalue weighted by Crippen LogP contribution is 2.34. The number of urea groups is 1. The molecular weight excluding hydrogens is 439 g/mol. The van der Waals surface area contributed by atoms with Gasteiger partial charge in [0.25, 0.3) is 0 Å². The summed E-state index contributed by atoms with van der Waals surface area (Å²) < 4.78 is 13.3. The number of carbonyl (C=O) groups is 1. The van der Waals surface area contributed by atoms with Gasteiger partial charge >= 0.3 is 6.03 Å². The molecule has 1 aliphatic heterocycles. The van der Waals surface area contributed by atoms with Gasteiger partial charge in [-0.3, -0.25) is 9.80 Å². The fraction of sp³-hybridized carbons (Fsp3) is 0.450. The topological polar surface area (TPSA) is 116 Å². The molecule has 4 rings (SSSR count). The number of nitrogens with zero attached hydrogens (tertiary/aromatic N) is 7. The third-order valence-electron chi connectivity index (χ3n) is 5.21. The summed E-state index contributed by atoms with van der Waals surface area (Å²) in [6.07, 6.45) is 1.42. The number of rotatable bonds is 9. The fourth-order valence-electron chi connectivity index (χ4n) is 3.63. The van der Waals surface area contributed by atoms with Crippen LogP contribution in [0.3, 0.4) is 0 Å². The Balaban J connectivity index is 1.38. The summed E-state index contributed by atoms with van der Waals surface area (Å²) in [5, 5.41) is 23.2. The van der Waals surface area contributed by atoms with Crippen LogP contribution in [0.1, 0.15) is 49.5 Å². The normalized spacial score (nSPS) is 16.0. The van der Waals surface area contributed by atoms with E-state index in [9.17, 15) is 14.3 Å². The maximum atomic E-state index is 13.3. The van der Waals surface area contributed by atoms with E-state index in [0.29, 0.717) is 43.3 Å². The van der Waals surface area contributed by atoms with E-state index in [0.717, 1.165) is 18.4 Å². The molecule has 1 unspecified atom stereocenters. The van der Waals surface area contributed by atoms with Crippen LogP contribution in [0.5, 0.6) is 0 Å². The van der Waals surface area contributed by atoms with Gasteiger partial charge in [0.15, 0.2) is 17.9 Å². The number of benzene rings is 1. The first kappa shape index (κ1) is 22.2. The number of nitrogens with one attached hydrogen (secondary N) is 1. The van der Waals surface area contributed by atoms with E-state index in [-0.39, 0.29) is 23.7 Å². The number of aliphatic hydroxyl groups excluding tert-OH is 1. The van der Waals surface area contributed by atoms with Crippen molar-refractivity contribution in [1.82, 2.24) is 35.1 Å². The van der Waals surface area contributed by atoms with E-state index < -0.39 is 6.23 Å². The van der Waals surface area contributed by atoms with Crippen LogP contribution in [0.4, 0.5) is 15.0 Å². The molecule has 10 nitrogen and oxygen atoms in total. The molecular formula is C20H24ClFN8O2. The van der Waals surface area contributed by atoms with Gasteiger partial charge in [0, 0.05) is 19.5 Å². The Morgan fingerprint density at radius 2 is 2.09 bits per heavy atom. The van der Waals surface area contributed by atoms with Crippen LogP contribution < -0.4 is 4.90 Å². The number of H-pyrrole nitrogens is 1. The molecule has 0 spiro atoms. The average Bonchev–Trinajstić information content (AvgIpc) is 3.37. The number of aromatic nitrogens is 6. The second kappa shape index (κ2) is 9.61. The molecule has 170 valence electrons. The summed E-state index contributed by atoms with van der Waals surface area (Å²) in [4.78, 5) is 24.4. The number of tetrazole rings is 1. The first-order chi connectivity index (χ1) is 15.5.